The third-order valence-electron chi connectivity index (χ3n) is 4.90. The molecule has 1 atom stereocenters. The molecule has 9 heteroatoms. The monoisotopic (exact) mass is 471 g/mol. The molecule has 2 aromatic rings. The summed E-state index contributed by atoms with van der Waals surface area (Å²) in [7, 11) is 0. The Bertz CT molecular complexity index is 1020. The summed E-state index contributed by atoms with van der Waals surface area (Å²) >= 11 is 12.2. The van der Waals surface area contributed by atoms with E-state index >= 15 is 0 Å². The van der Waals surface area contributed by atoms with Crippen LogP contribution in [0.25, 0.3) is 0 Å². The quantitative estimate of drug-likeness (QED) is 0.432. The van der Waals surface area contributed by atoms with Crippen molar-refractivity contribution in [2.24, 2.45) is 5.16 Å². The van der Waals surface area contributed by atoms with E-state index < -0.39 is 36.2 Å². The third-order valence-corrected chi connectivity index (χ3v) is 5.34. The third kappa shape index (κ3) is 6.08. The van der Waals surface area contributed by atoms with Crippen LogP contribution < -0.4 is 0 Å². The lowest BCUT2D eigenvalue weighted by molar-refractivity contribution is -0.152. The molecule has 0 radical (unpaired) electrons. The molecule has 0 N–H and O–H groups in total. The van der Waals surface area contributed by atoms with Crippen molar-refractivity contribution in [1.82, 2.24) is 0 Å². The number of carbonyl (C=O) groups is 2. The topological polar surface area (TPSA) is 55.7 Å². The zero-order chi connectivity index (χ0) is 22.8. The second-order valence-electron chi connectivity index (χ2n) is 7.53. The molecule has 0 aliphatic carbocycles. The standard InChI is InChI=1S/C22H18Cl2F3NO3/c1-21(15-8-16(23)10-17(24)9-15)12-19(28-31-21)13-2-4-14(5-3-13)20(30)7-6-18(29)11-22(25,26)27/h2-5,8-10H,6-7,11-12H2,1H3. The normalized spacial score (nSPS) is 18.5. The first-order valence-corrected chi connectivity index (χ1v) is 10.1. The number of benzene rings is 2. The highest BCUT2D eigenvalue weighted by Crippen LogP contribution is 2.38. The van der Waals surface area contributed by atoms with Crippen LogP contribution in [0.5, 0.6) is 0 Å². The van der Waals surface area contributed by atoms with E-state index in [2.05, 4.69) is 5.16 Å². The summed E-state index contributed by atoms with van der Waals surface area (Å²) in [5.74, 6) is -1.40. The van der Waals surface area contributed by atoms with Crippen LogP contribution in [0.2, 0.25) is 10.0 Å². The van der Waals surface area contributed by atoms with E-state index in [0.29, 0.717) is 27.7 Å². The van der Waals surface area contributed by atoms with Gasteiger partial charge in [0.25, 0.3) is 0 Å². The van der Waals surface area contributed by atoms with Crippen molar-refractivity contribution < 1.29 is 27.6 Å². The van der Waals surface area contributed by atoms with E-state index in [1.165, 1.54) is 0 Å². The summed E-state index contributed by atoms with van der Waals surface area (Å²) in [6, 6.07) is 11.6. The van der Waals surface area contributed by atoms with Crippen LogP contribution in [0.1, 0.15) is 54.1 Å². The Labute approximate surface area is 187 Å². The van der Waals surface area contributed by atoms with Crippen LogP contribution in [0, 0.1) is 0 Å². The SMILES string of the molecule is CC1(c2cc(Cl)cc(Cl)c2)CC(c2ccc(C(=O)CCC(=O)CC(F)(F)F)cc2)=NO1. The molecule has 0 amide bonds. The number of nitrogens with zero attached hydrogens (tertiary/aromatic N) is 1. The van der Waals surface area contributed by atoms with Gasteiger partial charge in [0.15, 0.2) is 11.4 Å². The molecule has 0 saturated heterocycles. The summed E-state index contributed by atoms with van der Waals surface area (Å²) in [4.78, 5) is 29.2. The van der Waals surface area contributed by atoms with Crippen LogP contribution in [0.3, 0.4) is 0 Å². The van der Waals surface area contributed by atoms with Crippen molar-refractivity contribution in [2.45, 2.75) is 44.4 Å². The van der Waals surface area contributed by atoms with Crippen LogP contribution >= 0.6 is 23.2 Å². The Hall–Kier alpha value is -2.38. The van der Waals surface area contributed by atoms with Gasteiger partial charge in [0.1, 0.15) is 12.2 Å². The van der Waals surface area contributed by atoms with Gasteiger partial charge in [-0.2, -0.15) is 13.2 Å². The molecule has 4 nitrogen and oxygen atoms in total. The molecule has 1 unspecified atom stereocenters. The zero-order valence-electron chi connectivity index (χ0n) is 16.4. The van der Waals surface area contributed by atoms with Gasteiger partial charge < -0.3 is 4.84 Å². The Morgan fingerprint density at radius 2 is 1.68 bits per heavy atom. The van der Waals surface area contributed by atoms with Crippen molar-refractivity contribution in [1.29, 1.82) is 0 Å². The fraction of sp³-hybridized carbons (Fsp3) is 0.318. The Morgan fingerprint density at radius 3 is 2.26 bits per heavy atom. The number of hydrogen-bond acceptors (Lipinski definition) is 4. The van der Waals surface area contributed by atoms with Crippen molar-refractivity contribution in [3.63, 3.8) is 0 Å². The van der Waals surface area contributed by atoms with Crippen LogP contribution in [0.15, 0.2) is 47.6 Å². The minimum Gasteiger partial charge on any atom is -0.384 e. The van der Waals surface area contributed by atoms with Crippen LogP contribution in [-0.2, 0) is 15.2 Å². The zero-order valence-corrected chi connectivity index (χ0v) is 17.9. The van der Waals surface area contributed by atoms with Gasteiger partial charge in [0.2, 0.25) is 0 Å². The highest BCUT2D eigenvalue weighted by Gasteiger charge is 2.37. The molecule has 0 saturated carbocycles. The van der Waals surface area contributed by atoms with Crippen molar-refractivity contribution in [3.05, 3.63) is 69.2 Å². The number of ketones is 2. The second-order valence-corrected chi connectivity index (χ2v) is 8.40. The molecule has 31 heavy (non-hydrogen) atoms. The fourth-order valence-electron chi connectivity index (χ4n) is 3.27. The number of rotatable bonds is 7. The van der Waals surface area contributed by atoms with E-state index in [-0.39, 0.29) is 6.42 Å². The van der Waals surface area contributed by atoms with E-state index in [1.54, 1.807) is 42.5 Å². The van der Waals surface area contributed by atoms with E-state index in [4.69, 9.17) is 28.0 Å². The number of hydrogen-bond donors (Lipinski definition) is 0. The molecule has 0 aromatic heterocycles. The molecule has 1 heterocycles. The van der Waals surface area contributed by atoms with E-state index in [9.17, 15) is 22.8 Å². The summed E-state index contributed by atoms with van der Waals surface area (Å²) in [5, 5.41) is 5.12. The molecule has 164 valence electrons. The van der Waals surface area contributed by atoms with Gasteiger partial charge in [-0.05, 0) is 30.7 Å². The molecular weight excluding hydrogens is 454 g/mol. The fourth-order valence-corrected chi connectivity index (χ4v) is 3.79. The predicted octanol–water partition coefficient (Wildman–Crippen LogP) is 6.52. The summed E-state index contributed by atoms with van der Waals surface area (Å²) in [6.07, 6.45) is -6.34. The Balaban J connectivity index is 1.63. The molecular formula is C22H18Cl2F3NO3. The first-order chi connectivity index (χ1) is 14.4. The highest BCUT2D eigenvalue weighted by atomic mass is 35.5. The molecule has 1 aliphatic heterocycles. The molecule has 2 aromatic carbocycles. The van der Waals surface area contributed by atoms with Gasteiger partial charge in [-0.25, -0.2) is 0 Å². The van der Waals surface area contributed by atoms with Gasteiger partial charge in [0, 0.05) is 40.4 Å². The lowest BCUT2D eigenvalue weighted by Crippen LogP contribution is -2.22. The van der Waals surface area contributed by atoms with Gasteiger partial charge in [0.05, 0.1) is 5.71 Å². The summed E-state index contributed by atoms with van der Waals surface area (Å²) in [6.45, 7) is 1.86. The molecule has 0 bridgehead atoms. The van der Waals surface area contributed by atoms with Gasteiger partial charge in [-0.1, -0.05) is 52.6 Å². The van der Waals surface area contributed by atoms with Crippen LogP contribution in [0.4, 0.5) is 13.2 Å². The lowest BCUT2D eigenvalue weighted by Gasteiger charge is -2.22. The number of oxime groups is 1. The number of alkyl halides is 3. The second kappa shape index (κ2) is 9.01. The lowest BCUT2D eigenvalue weighted by atomic mass is 9.89. The molecule has 0 fully saturated rings. The minimum absolute atomic E-state index is 0.272. The number of halogens is 5. The summed E-state index contributed by atoms with van der Waals surface area (Å²) in [5.41, 5.74) is 1.74. The largest absolute Gasteiger partial charge is 0.395 e. The van der Waals surface area contributed by atoms with Crippen molar-refractivity contribution in [2.75, 3.05) is 0 Å². The maximum Gasteiger partial charge on any atom is 0.395 e. The maximum atomic E-state index is 12.2. The first-order valence-electron chi connectivity index (χ1n) is 9.39. The van der Waals surface area contributed by atoms with Gasteiger partial charge in [-0.3, -0.25) is 9.59 Å². The van der Waals surface area contributed by atoms with Crippen molar-refractivity contribution in [3.8, 4) is 0 Å². The number of carbonyl (C=O) groups excluding carboxylic acids is 2. The van der Waals surface area contributed by atoms with Crippen molar-refractivity contribution >= 4 is 40.5 Å². The Morgan fingerprint density at radius 1 is 1.06 bits per heavy atom. The maximum absolute atomic E-state index is 12.2. The highest BCUT2D eigenvalue weighted by molar-refractivity contribution is 6.34. The Kier molecular flexibility index (Phi) is 6.76. The van der Waals surface area contributed by atoms with E-state index in [0.717, 1.165) is 11.1 Å². The smallest absolute Gasteiger partial charge is 0.384 e. The molecule has 0 spiro atoms. The number of Topliss-reactive ketones (excluding diaryl/α,β-unsaturated/α-hetero) is 2. The van der Waals surface area contributed by atoms with Gasteiger partial charge in [-0.15, -0.1) is 0 Å². The minimum atomic E-state index is -4.56. The van der Waals surface area contributed by atoms with Gasteiger partial charge >= 0.3 is 6.18 Å². The molecule has 1 aliphatic rings. The summed E-state index contributed by atoms with van der Waals surface area (Å²) < 4.78 is 36.6. The average Bonchev–Trinajstić information content (AvgIpc) is 3.08. The van der Waals surface area contributed by atoms with E-state index in [1.807, 2.05) is 6.92 Å². The first kappa shape index (κ1) is 23.3. The molecule has 3 rings (SSSR count). The van der Waals surface area contributed by atoms with Crippen LogP contribution in [-0.4, -0.2) is 23.5 Å². The predicted molar refractivity (Wildman–Crippen MR) is 112 cm³/mol. The average molecular weight is 472 g/mol.